The Hall–Kier alpha value is -2.82. The highest BCUT2D eigenvalue weighted by Gasteiger charge is 2.32. The summed E-state index contributed by atoms with van der Waals surface area (Å²) in [5.74, 6) is 0.820. The molecule has 0 radical (unpaired) electrons. The zero-order valence-corrected chi connectivity index (χ0v) is 18.7. The van der Waals surface area contributed by atoms with E-state index in [1.165, 1.54) is 0 Å². The Morgan fingerprint density at radius 1 is 0.967 bits per heavy atom. The summed E-state index contributed by atoms with van der Waals surface area (Å²) in [5.41, 5.74) is 1.75. The first-order valence-electron chi connectivity index (χ1n) is 10.6. The van der Waals surface area contributed by atoms with E-state index in [4.69, 9.17) is 4.74 Å². The van der Waals surface area contributed by atoms with Crippen molar-refractivity contribution >= 4 is 11.8 Å². The van der Waals surface area contributed by atoms with Gasteiger partial charge in [-0.15, -0.1) is 0 Å². The third-order valence-electron chi connectivity index (χ3n) is 4.99. The van der Waals surface area contributed by atoms with Gasteiger partial charge < -0.3 is 15.0 Å². The van der Waals surface area contributed by atoms with Crippen LogP contribution in [0.15, 0.2) is 54.6 Å². The van der Waals surface area contributed by atoms with Gasteiger partial charge in [-0.05, 0) is 35.6 Å². The van der Waals surface area contributed by atoms with E-state index in [1.54, 1.807) is 12.0 Å². The molecule has 0 saturated carbocycles. The minimum Gasteiger partial charge on any atom is -0.497 e. The van der Waals surface area contributed by atoms with E-state index in [2.05, 4.69) is 19.2 Å². The molecular weight excluding hydrogens is 376 g/mol. The van der Waals surface area contributed by atoms with Crippen LogP contribution in [0.2, 0.25) is 0 Å². The lowest BCUT2D eigenvalue weighted by Gasteiger charge is -2.33. The molecule has 0 aromatic heterocycles. The molecule has 0 bridgehead atoms. The number of carbonyl (C=O) groups is 2. The standard InChI is InChI=1S/C25H34N2O3/c1-18(2)15-16-26-24(28)23(21-9-7-6-8-10-21)27(25(29)19(3)4)17-20-11-13-22(30-5)14-12-20/h6-14,18-19,23H,15-17H2,1-5H3,(H,26,28)/t23-/m1/s1. The Morgan fingerprint density at radius 3 is 2.13 bits per heavy atom. The van der Waals surface area contributed by atoms with Gasteiger partial charge in [0.05, 0.1) is 7.11 Å². The third kappa shape index (κ3) is 6.61. The molecule has 0 spiro atoms. The van der Waals surface area contributed by atoms with Crippen molar-refractivity contribution in [1.82, 2.24) is 10.2 Å². The summed E-state index contributed by atoms with van der Waals surface area (Å²) in [5, 5.41) is 3.04. The first-order chi connectivity index (χ1) is 14.3. The van der Waals surface area contributed by atoms with Gasteiger partial charge in [0.2, 0.25) is 11.8 Å². The lowest BCUT2D eigenvalue weighted by atomic mass is 10.0. The predicted octanol–water partition coefficient (Wildman–Crippen LogP) is 4.58. The second-order valence-corrected chi connectivity index (χ2v) is 8.26. The minimum atomic E-state index is -0.685. The van der Waals surface area contributed by atoms with E-state index in [0.29, 0.717) is 19.0 Å². The Bertz CT molecular complexity index is 801. The van der Waals surface area contributed by atoms with Gasteiger partial charge >= 0.3 is 0 Å². The fourth-order valence-corrected chi connectivity index (χ4v) is 3.24. The van der Waals surface area contributed by atoms with E-state index in [0.717, 1.165) is 23.3 Å². The maximum Gasteiger partial charge on any atom is 0.247 e. The average Bonchev–Trinajstić information content (AvgIpc) is 2.73. The Morgan fingerprint density at radius 2 is 1.60 bits per heavy atom. The Labute approximate surface area is 180 Å². The first-order valence-corrected chi connectivity index (χ1v) is 10.6. The molecule has 2 aromatic rings. The first kappa shape index (κ1) is 23.5. The summed E-state index contributed by atoms with van der Waals surface area (Å²) in [4.78, 5) is 28.1. The molecule has 0 aliphatic heterocycles. The molecule has 2 rings (SSSR count). The summed E-state index contributed by atoms with van der Waals surface area (Å²) in [7, 11) is 1.62. The zero-order valence-electron chi connectivity index (χ0n) is 18.7. The monoisotopic (exact) mass is 410 g/mol. The highest BCUT2D eigenvalue weighted by atomic mass is 16.5. The summed E-state index contributed by atoms with van der Waals surface area (Å²) in [6, 6.07) is 16.4. The number of hydrogen-bond donors (Lipinski definition) is 1. The molecule has 0 saturated heterocycles. The number of methoxy groups -OCH3 is 1. The van der Waals surface area contributed by atoms with Gasteiger partial charge in [-0.25, -0.2) is 0 Å². The van der Waals surface area contributed by atoms with Crippen molar-refractivity contribution in [2.75, 3.05) is 13.7 Å². The normalized spacial score (nSPS) is 12.0. The topological polar surface area (TPSA) is 58.6 Å². The number of benzene rings is 2. The van der Waals surface area contributed by atoms with Crippen molar-refractivity contribution in [3.05, 3.63) is 65.7 Å². The van der Waals surface area contributed by atoms with E-state index >= 15 is 0 Å². The van der Waals surface area contributed by atoms with Gasteiger partial charge in [-0.1, -0.05) is 70.2 Å². The van der Waals surface area contributed by atoms with Crippen LogP contribution in [0.4, 0.5) is 0 Å². The average molecular weight is 411 g/mol. The van der Waals surface area contributed by atoms with Gasteiger partial charge in [0, 0.05) is 19.0 Å². The molecule has 2 amide bonds. The van der Waals surface area contributed by atoms with Gasteiger partial charge in [0.15, 0.2) is 0 Å². The van der Waals surface area contributed by atoms with Crippen molar-refractivity contribution in [2.24, 2.45) is 11.8 Å². The van der Waals surface area contributed by atoms with Crippen LogP contribution in [-0.4, -0.2) is 30.4 Å². The molecule has 5 heteroatoms. The van der Waals surface area contributed by atoms with Crippen molar-refractivity contribution in [3.8, 4) is 5.75 Å². The van der Waals surface area contributed by atoms with Crippen molar-refractivity contribution in [2.45, 2.75) is 46.7 Å². The van der Waals surface area contributed by atoms with E-state index < -0.39 is 6.04 Å². The molecule has 0 fully saturated rings. The van der Waals surface area contributed by atoms with Crippen LogP contribution in [-0.2, 0) is 16.1 Å². The molecule has 1 N–H and O–H groups in total. The molecule has 0 heterocycles. The number of rotatable bonds is 10. The molecule has 5 nitrogen and oxygen atoms in total. The van der Waals surface area contributed by atoms with Crippen molar-refractivity contribution < 1.29 is 14.3 Å². The summed E-state index contributed by atoms with van der Waals surface area (Å²) < 4.78 is 5.23. The number of amides is 2. The SMILES string of the molecule is COc1ccc(CN(C(=O)C(C)C)[C@@H](C(=O)NCCC(C)C)c2ccccc2)cc1. The molecule has 30 heavy (non-hydrogen) atoms. The zero-order chi connectivity index (χ0) is 22.1. The van der Waals surface area contributed by atoms with Crippen LogP contribution in [0.3, 0.4) is 0 Å². The van der Waals surface area contributed by atoms with Crippen LogP contribution in [0.25, 0.3) is 0 Å². The van der Waals surface area contributed by atoms with Gasteiger partial charge in [0.1, 0.15) is 11.8 Å². The lowest BCUT2D eigenvalue weighted by Crippen LogP contribution is -2.45. The number of hydrogen-bond acceptors (Lipinski definition) is 3. The van der Waals surface area contributed by atoms with E-state index in [1.807, 2.05) is 68.4 Å². The maximum atomic E-state index is 13.3. The van der Waals surface area contributed by atoms with E-state index in [9.17, 15) is 9.59 Å². The highest BCUT2D eigenvalue weighted by Crippen LogP contribution is 2.26. The molecule has 2 aromatic carbocycles. The molecule has 0 aliphatic carbocycles. The molecule has 162 valence electrons. The fraction of sp³-hybridized carbons (Fsp3) is 0.440. The smallest absolute Gasteiger partial charge is 0.247 e. The summed E-state index contributed by atoms with van der Waals surface area (Å²) >= 11 is 0. The molecule has 0 unspecified atom stereocenters. The van der Waals surface area contributed by atoms with Crippen molar-refractivity contribution in [1.29, 1.82) is 0 Å². The predicted molar refractivity (Wildman–Crippen MR) is 120 cm³/mol. The van der Waals surface area contributed by atoms with Gasteiger partial charge in [-0.3, -0.25) is 9.59 Å². The molecule has 1 atom stereocenters. The van der Waals surface area contributed by atoms with Crippen LogP contribution in [0, 0.1) is 11.8 Å². The van der Waals surface area contributed by atoms with Crippen LogP contribution >= 0.6 is 0 Å². The summed E-state index contributed by atoms with van der Waals surface area (Å²) in [6.07, 6.45) is 0.893. The van der Waals surface area contributed by atoms with Gasteiger partial charge in [0.25, 0.3) is 0 Å². The number of nitrogens with one attached hydrogen (secondary N) is 1. The minimum absolute atomic E-state index is 0.0568. The van der Waals surface area contributed by atoms with Crippen molar-refractivity contribution in [3.63, 3.8) is 0 Å². The Kier molecular flexibility index (Phi) is 8.90. The third-order valence-corrected chi connectivity index (χ3v) is 4.99. The highest BCUT2D eigenvalue weighted by molar-refractivity contribution is 5.89. The van der Waals surface area contributed by atoms with Crippen LogP contribution in [0.1, 0.15) is 51.3 Å². The second-order valence-electron chi connectivity index (χ2n) is 8.26. The Balaban J connectivity index is 2.37. The lowest BCUT2D eigenvalue weighted by molar-refractivity contribution is -0.144. The number of ether oxygens (including phenoxy) is 1. The largest absolute Gasteiger partial charge is 0.497 e. The molecular formula is C25H34N2O3. The van der Waals surface area contributed by atoms with Crippen LogP contribution in [0.5, 0.6) is 5.75 Å². The van der Waals surface area contributed by atoms with Crippen LogP contribution < -0.4 is 10.1 Å². The quantitative estimate of drug-likeness (QED) is 0.624. The number of carbonyl (C=O) groups excluding carboxylic acids is 2. The summed E-state index contributed by atoms with van der Waals surface area (Å²) in [6.45, 7) is 8.91. The van der Waals surface area contributed by atoms with Gasteiger partial charge in [-0.2, -0.15) is 0 Å². The molecule has 0 aliphatic rings. The maximum absolute atomic E-state index is 13.3. The number of nitrogens with zero attached hydrogens (tertiary/aromatic N) is 1. The second kappa shape index (κ2) is 11.4. The fourth-order valence-electron chi connectivity index (χ4n) is 3.24. The van der Waals surface area contributed by atoms with E-state index in [-0.39, 0.29) is 17.7 Å².